The molecule has 28 heavy (non-hydrogen) atoms. The SMILES string of the molecule is N#CCNC(=O)C1CC(S(=O)(=O)c2ccccc2)CN1C(=O)c1ccccc1. The smallest absolute Gasteiger partial charge is 0.254 e. The van der Waals surface area contributed by atoms with E-state index in [0.717, 1.165) is 0 Å². The van der Waals surface area contributed by atoms with Crippen molar-refractivity contribution in [3.63, 3.8) is 0 Å². The second-order valence-corrected chi connectivity index (χ2v) is 8.66. The fraction of sp³-hybridized carbons (Fsp3) is 0.250. The van der Waals surface area contributed by atoms with E-state index in [0.29, 0.717) is 5.56 Å². The number of rotatable bonds is 5. The summed E-state index contributed by atoms with van der Waals surface area (Å²) in [5.41, 5.74) is 0.373. The Morgan fingerprint density at radius 1 is 1.07 bits per heavy atom. The number of amides is 2. The first kappa shape index (κ1) is 19.6. The summed E-state index contributed by atoms with van der Waals surface area (Å²) in [5, 5.41) is 10.2. The molecule has 0 spiro atoms. The minimum atomic E-state index is -3.71. The summed E-state index contributed by atoms with van der Waals surface area (Å²) in [4.78, 5) is 26.9. The van der Waals surface area contributed by atoms with Crippen LogP contribution in [0.5, 0.6) is 0 Å². The van der Waals surface area contributed by atoms with E-state index < -0.39 is 32.9 Å². The molecule has 0 saturated carbocycles. The van der Waals surface area contributed by atoms with Gasteiger partial charge >= 0.3 is 0 Å². The van der Waals surface area contributed by atoms with Gasteiger partial charge in [0.15, 0.2) is 9.84 Å². The molecule has 1 N–H and O–H groups in total. The minimum Gasteiger partial charge on any atom is -0.341 e. The lowest BCUT2D eigenvalue weighted by Gasteiger charge is -2.23. The second-order valence-electron chi connectivity index (χ2n) is 6.43. The van der Waals surface area contributed by atoms with Gasteiger partial charge in [-0.2, -0.15) is 5.26 Å². The first-order chi connectivity index (χ1) is 13.4. The van der Waals surface area contributed by atoms with Crippen LogP contribution in [0.25, 0.3) is 0 Å². The van der Waals surface area contributed by atoms with Crippen molar-refractivity contribution in [2.24, 2.45) is 0 Å². The molecule has 0 radical (unpaired) electrons. The van der Waals surface area contributed by atoms with Gasteiger partial charge in [0.2, 0.25) is 5.91 Å². The van der Waals surface area contributed by atoms with Gasteiger partial charge in [0.1, 0.15) is 12.6 Å². The lowest BCUT2D eigenvalue weighted by molar-refractivity contribution is -0.124. The fourth-order valence-corrected chi connectivity index (χ4v) is 5.00. The molecule has 0 aromatic heterocycles. The summed E-state index contributed by atoms with van der Waals surface area (Å²) in [6.45, 7) is -0.297. The number of hydrogen-bond acceptors (Lipinski definition) is 5. The van der Waals surface area contributed by atoms with Crippen LogP contribution in [0, 0.1) is 11.3 Å². The minimum absolute atomic E-state index is 0.0208. The summed E-state index contributed by atoms with van der Waals surface area (Å²) in [7, 11) is -3.71. The van der Waals surface area contributed by atoms with Crippen LogP contribution < -0.4 is 5.32 Å². The van der Waals surface area contributed by atoms with Gasteiger partial charge in [-0.3, -0.25) is 9.59 Å². The van der Waals surface area contributed by atoms with Gasteiger partial charge in [-0.15, -0.1) is 0 Å². The maximum absolute atomic E-state index is 13.0. The Balaban J connectivity index is 1.91. The maximum Gasteiger partial charge on any atom is 0.254 e. The van der Waals surface area contributed by atoms with Crippen LogP contribution in [0.2, 0.25) is 0 Å². The van der Waals surface area contributed by atoms with E-state index in [1.54, 1.807) is 48.5 Å². The molecule has 0 bridgehead atoms. The lowest BCUT2D eigenvalue weighted by atomic mass is 10.1. The van der Waals surface area contributed by atoms with E-state index in [1.165, 1.54) is 17.0 Å². The van der Waals surface area contributed by atoms with Crippen molar-refractivity contribution in [1.82, 2.24) is 10.2 Å². The number of nitrogens with one attached hydrogen (secondary N) is 1. The molecular weight excluding hydrogens is 378 g/mol. The second kappa shape index (κ2) is 8.23. The zero-order valence-corrected chi connectivity index (χ0v) is 15.8. The van der Waals surface area contributed by atoms with Crippen LogP contribution in [0.15, 0.2) is 65.6 Å². The van der Waals surface area contributed by atoms with E-state index in [-0.39, 0.29) is 24.4 Å². The summed E-state index contributed by atoms with van der Waals surface area (Å²) < 4.78 is 26.0. The lowest BCUT2D eigenvalue weighted by Crippen LogP contribution is -2.46. The van der Waals surface area contributed by atoms with Crippen LogP contribution in [0.3, 0.4) is 0 Å². The van der Waals surface area contributed by atoms with E-state index in [4.69, 9.17) is 5.26 Å². The van der Waals surface area contributed by atoms with Gasteiger partial charge in [-0.05, 0) is 30.7 Å². The van der Waals surface area contributed by atoms with Crippen molar-refractivity contribution in [2.75, 3.05) is 13.1 Å². The highest BCUT2D eigenvalue weighted by Crippen LogP contribution is 2.29. The first-order valence-electron chi connectivity index (χ1n) is 8.74. The highest BCUT2D eigenvalue weighted by atomic mass is 32.2. The third-order valence-corrected chi connectivity index (χ3v) is 6.85. The molecular formula is C20H19N3O4S. The van der Waals surface area contributed by atoms with Crippen LogP contribution in [-0.4, -0.2) is 49.5 Å². The molecule has 7 nitrogen and oxygen atoms in total. The van der Waals surface area contributed by atoms with Crippen LogP contribution in [-0.2, 0) is 14.6 Å². The van der Waals surface area contributed by atoms with E-state index in [9.17, 15) is 18.0 Å². The van der Waals surface area contributed by atoms with Crippen LogP contribution in [0.1, 0.15) is 16.8 Å². The van der Waals surface area contributed by atoms with Crippen molar-refractivity contribution >= 4 is 21.7 Å². The predicted octanol–water partition coefficient (Wildman–Crippen LogP) is 1.38. The Bertz CT molecular complexity index is 1000. The van der Waals surface area contributed by atoms with E-state index in [1.807, 2.05) is 6.07 Å². The monoisotopic (exact) mass is 397 g/mol. The standard InChI is InChI=1S/C20H19N3O4S/c21-11-12-22-19(24)18-13-17(28(26,27)16-9-5-2-6-10-16)14-23(18)20(25)15-7-3-1-4-8-15/h1-10,17-18H,12-14H2,(H,22,24). The number of sulfone groups is 1. The van der Waals surface area contributed by atoms with Crippen molar-refractivity contribution in [1.29, 1.82) is 5.26 Å². The third-order valence-electron chi connectivity index (χ3n) is 4.70. The van der Waals surface area contributed by atoms with Gasteiger partial charge in [0.05, 0.1) is 16.2 Å². The molecule has 2 atom stereocenters. The molecule has 0 aliphatic carbocycles. The number of nitriles is 1. The average molecular weight is 397 g/mol. The maximum atomic E-state index is 13.0. The van der Waals surface area contributed by atoms with E-state index >= 15 is 0 Å². The number of carbonyl (C=O) groups excluding carboxylic acids is 2. The molecule has 2 amide bonds. The highest BCUT2D eigenvalue weighted by molar-refractivity contribution is 7.92. The normalized spacial score (nSPS) is 19.0. The van der Waals surface area contributed by atoms with Gasteiger partial charge in [-0.25, -0.2) is 8.42 Å². The van der Waals surface area contributed by atoms with Gasteiger partial charge < -0.3 is 10.2 Å². The molecule has 1 saturated heterocycles. The molecule has 1 aliphatic heterocycles. The number of nitrogens with zero attached hydrogens (tertiary/aromatic N) is 2. The van der Waals surface area contributed by atoms with Crippen molar-refractivity contribution in [3.05, 3.63) is 66.2 Å². The Labute approximate surface area is 163 Å². The number of carbonyl (C=O) groups is 2. The van der Waals surface area contributed by atoms with Gasteiger partial charge in [0, 0.05) is 12.1 Å². The van der Waals surface area contributed by atoms with Crippen LogP contribution in [0.4, 0.5) is 0 Å². The van der Waals surface area contributed by atoms with Crippen molar-refractivity contribution in [3.8, 4) is 6.07 Å². The van der Waals surface area contributed by atoms with E-state index in [2.05, 4.69) is 5.32 Å². The summed E-state index contributed by atoms with van der Waals surface area (Å²) >= 11 is 0. The van der Waals surface area contributed by atoms with Gasteiger partial charge in [0.25, 0.3) is 5.91 Å². The topological polar surface area (TPSA) is 107 Å². The van der Waals surface area contributed by atoms with Crippen molar-refractivity contribution in [2.45, 2.75) is 22.6 Å². The molecule has 2 aromatic rings. The number of benzene rings is 2. The summed E-state index contributed by atoms with van der Waals surface area (Å²) in [6.07, 6.45) is -0.0208. The summed E-state index contributed by atoms with van der Waals surface area (Å²) in [5.74, 6) is -0.944. The molecule has 1 heterocycles. The number of hydrogen-bond donors (Lipinski definition) is 1. The first-order valence-corrected chi connectivity index (χ1v) is 10.3. The molecule has 1 fully saturated rings. The fourth-order valence-electron chi connectivity index (χ4n) is 3.29. The Kier molecular flexibility index (Phi) is 5.76. The average Bonchev–Trinajstić information content (AvgIpc) is 3.19. The van der Waals surface area contributed by atoms with Crippen molar-refractivity contribution < 1.29 is 18.0 Å². The zero-order chi connectivity index (χ0) is 20.1. The molecule has 1 aliphatic rings. The Hall–Kier alpha value is -3.18. The highest BCUT2D eigenvalue weighted by Gasteiger charge is 2.45. The zero-order valence-electron chi connectivity index (χ0n) is 15.0. The number of likely N-dealkylation sites (tertiary alicyclic amines) is 1. The Morgan fingerprint density at radius 3 is 2.29 bits per heavy atom. The van der Waals surface area contributed by atoms with Crippen LogP contribution >= 0.6 is 0 Å². The molecule has 144 valence electrons. The quantitative estimate of drug-likeness (QED) is 0.767. The van der Waals surface area contributed by atoms with Gasteiger partial charge in [-0.1, -0.05) is 36.4 Å². The molecule has 3 rings (SSSR count). The Morgan fingerprint density at radius 2 is 1.68 bits per heavy atom. The third kappa shape index (κ3) is 3.89. The molecule has 8 heteroatoms. The largest absolute Gasteiger partial charge is 0.341 e. The predicted molar refractivity (Wildman–Crippen MR) is 102 cm³/mol. The molecule has 2 unspecified atom stereocenters. The summed E-state index contributed by atoms with van der Waals surface area (Å²) in [6, 6.07) is 17.2. The molecule has 2 aromatic carbocycles.